The number of hydrogen-bond donors (Lipinski definition) is 7. The first-order chi connectivity index (χ1) is 44.2. The van der Waals surface area contributed by atoms with Crippen molar-refractivity contribution in [3.05, 3.63) is 48.0 Å². The van der Waals surface area contributed by atoms with E-state index in [-0.39, 0.29) is 82.9 Å². The van der Waals surface area contributed by atoms with E-state index in [2.05, 4.69) is 31.9 Å². The zero-order valence-corrected chi connectivity index (χ0v) is 53.6. The van der Waals surface area contributed by atoms with Crippen molar-refractivity contribution in [1.82, 2.24) is 36.8 Å². The minimum Gasteiger partial charge on any atom is -0.480 e. The van der Waals surface area contributed by atoms with Gasteiger partial charge in [-0.2, -0.15) is 0 Å². The summed E-state index contributed by atoms with van der Waals surface area (Å²) < 4.78 is 66.2. The van der Waals surface area contributed by atoms with Crippen LogP contribution < -0.4 is 31.9 Å². The van der Waals surface area contributed by atoms with Crippen LogP contribution in [0.4, 0.5) is 0 Å². The molecule has 0 radical (unpaired) electrons. The van der Waals surface area contributed by atoms with Crippen molar-refractivity contribution >= 4 is 53.7 Å². The number of amides is 8. The highest BCUT2D eigenvalue weighted by molar-refractivity contribution is 6.13. The third kappa shape index (κ3) is 44.2. The van der Waals surface area contributed by atoms with Gasteiger partial charge in [0.15, 0.2) is 0 Å². The highest BCUT2D eigenvalue weighted by Crippen LogP contribution is 2.11. The zero-order chi connectivity index (χ0) is 66.2. The van der Waals surface area contributed by atoms with Gasteiger partial charge >= 0.3 is 5.97 Å². The summed E-state index contributed by atoms with van der Waals surface area (Å²) in [6.07, 6.45) is 6.41. The molecule has 29 nitrogen and oxygen atoms in total. The van der Waals surface area contributed by atoms with E-state index >= 15 is 0 Å². The lowest BCUT2D eigenvalue weighted by Crippen LogP contribution is -2.57. The van der Waals surface area contributed by atoms with Gasteiger partial charge in [-0.25, -0.2) is 4.79 Å². The van der Waals surface area contributed by atoms with Gasteiger partial charge in [0.25, 0.3) is 11.8 Å². The van der Waals surface area contributed by atoms with Crippen molar-refractivity contribution in [1.29, 1.82) is 0 Å². The lowest BCUT2D eigenvalue weighted by Gasteiger charge is -2.26. The number of unbranched alkanes of at least 4 members (excludes halogenated alkanes) is 2. The number of carbonyl (C=O) groups is 9. The molecule has 2 rings (SSSR count). The molecule has 0 bridgehead atoms. The summed E-state index contributed by atoms with van der Waals surface area (Å²) in [6, 6.07) is 5.66. The summed E-state index contributed by atoms with van der Waals surface area (Å²) in [6.45, 7) is 15.2. The molecule has 7 N–H and O–H groups in total. The molecule has 91 heavy (non-hydrogen) atoms. The molecule has 0 saturated heterocycles. The van der Waals surface area contributed by atoms with Crippen LogP contribution in [0.2, 0.25) is 0 Å². The van der Waals surface area contributed by atoms with E-state index in [1.54, 1.807) is 0 Å². The summed E-state index contributed by atoms with van der Waals surface area (Å²) in [4.78, 5) is 111. The average molecular weight is 1300 g/mol. The van der Waals surface area contributed by atoms with Crippen LogP contribution in [-0.2, 0) is 106 Å². The normalized spacial score (nSPS) is 13.4. The SMILES string of the molecule is CCCC[C@H](NC=O)C(=O)N[C@@H](CC(C)C)C(=O)N[C@@H](Cc1ccccc1)C(=O)NCCOCCOCCOCCOCCOCCOCCOCCOCCOCCOCCOCCOCCC(=O)N[C@@H](CCCCNC(=O)CCN1C(=O)C=CC1=O)C(=O)O. The van der Waals surface area contributed by atoms with Crippen molar-refractivity contribution in [3.8, 4) is 0 Å². The van der Waals surface area contributed by atoms with E-state index in [0.29, 0.717) is 171 Å². The van der Waals surface area contributed by atoms with Gasteiger partial charge in [0, 0.05) is 51.0 Å². The molecule has 0 unspecified atom stereocenters. The Bertz CT molecular complexity index is 2150. The first-order valence-electron chi connectivity index (χ1n) is 31.6. The molecule has 0 saturated carbocycles. The number of aliphatic carboxylic acids is 1. The average Bonchev–Trinajstić information content (AvgIpc) is 4.15. The first kappa shape index (κ1) is 81.0. The predicted molar refractivity (Wildman–Crippen MR) is 330 cm³/mol. The van der Waals surface area contributed by atoms with E-state index in [9.17, 15) is 48.3 Å². The highest BCUT2D eigenvalue weighted by atomic mass is 16.6. The van der Waals surface area contributed by atoms with Crippen LogP contribution in [0.25, 0.3) is 0 Å². The molecular weight excluding hydrogens is 1190 g/mol. The van der Waals surface area contributed by atoms with Gasteiger partial charge < -0.3 is 93.8 Å². The lowest BCUT2D eigenvalue weighted by molar-refractivity contribution is -0.142. The van der Waals surface area contributed by atoms with Gasteiger partial charge in [0.1, 0.15) is 24.2 Å². The molecule has 1 aliphatic rings. The number of nitrogens with one attached hydrogen (secondary N) is 6. The fourth-order valence-corrected chi connectivity index (χ4v) is 8.32. The van der Waals surface area contributed by atoms with Crippen LogP contribution in [0.15, 0.2) is 42.5 Å². The van der Waals surface area contributed by atoms with Gasteiger partial charge in [-0.3, -0.25) is 43.3 Å². The second-order valence-electron chi connectivity index (χ2n) is 21.0. The molecule has 0 aromatic heterocycles. The van der Waals surface area contributed by atoms with Crippen molar-refractivity contribution in [2.24, 2.45) is 5.92 Å². The number of carboxylic acids is 1. The molecule has 1 heterocycles. The van der Waals surface area contributed by atoms with Crippen molar-refractivity contribution < 1.29 is 105 Å². The van der Waals surface area contributed by atoms with E-state index in [1.807, 2.05) is 51.1 Å². The summed E-state index contributed by atoms with van der Waals surface area (Å²) in [5.74, 6) is -4.13. The number of hydrogen-bond acceptors (Lipinski definition) is 21. The molecule has 29 heteroatoms. The fourth-order valence-electron chi connectivity index (χ4n) is 8.32. The number of carbonyl (C=O) groups excluding carboxylic acids is 8. The number of carboxylic acid groups (broad SMARTS) is 1. The minimum atomic E-state index is -1.16. The molecule has 518 valence electrons. The summed E-state index contributed by atoms with van der Waals surface area (Å²) in [5, 5.41) is 25.7. The number of ether oxygens (including phenoxy) is 12. The van der Waals surface area contributed by atoms with Crippen molar-refractivity contribution in [2.75, 3.05) is 178 Å². The minimum absolute atomic E-state index is 0.0177. The molecule has 0 spiro atoms. The smallest absolute Gasteiger partial charge is 0.326 e. The summed E-state index contributed by atoms with van der Waals surface area (Å²) in [7, 11) is 0. The first-order valence-corrected chi connectivity index (χ1v) is 31.6. The summed E-state index contributed by atoms with van der Waals surface area (Å²) >= 11 is 0. The maximum absolute atomic E-state index is 13.6. The van der Waals surface area contributed by atoms with Crippen LogP contribution in [-0.4, -0.2) is 266 Å². The Morgan fingerprint density at radius 3 is 1.34 bits per heavy atom. The lowest BCUT2D eigenvalue weighted by atomic mass is 10.00. The van der Waals surface area contributed by atoms with Crippen LogP contribution in [0.3, 0.4) is 0 Å². The van der Waals surface area contributed by atoms with E-state index in [4.69, 9.17) is 56.8 Å². The van der Waals surface area contributed by atoms with Crippen LogP contribution >= 0.6 is 0 Å². The highest BCUT2D eigenvalue weighted by Gasteiger charge is 2.30. The molecular formula is C62H103N7O22. The number of rotatable bonds is 63. The second-order valence-corrected chi connectivity index (χ2v) is 21.0. The number of nitrogens with zero attached hydrogens (tertiary/aromatic N) is 1. The fraction of sp³-hybridized carbons (Fsp3) is 0.726. The van der Waals surface area contributed by atoms with Crippen LogP contribution in [0, 0.1) is 5.92 Å². The van der Waals surface area contributed by atoms with Gasteiger partial charge in [-0.1, -0.05) is 63.9 Å². The van der Waals surface area contributed by atoms with Gasteiger partial charge in [0.2, 0.25) is 35.9 Å². The molecule has 1 aromatic rings. The second kappa shape index (κ2) is 55.5. The van der Waals surface area contributed by atoms with Crippen LogP contribution in [0.1, 0.15) is 84.1 Å². The Kier molecular flexibility index (Phi) is 49.4. The van der Waals surface area contributed by atoms with Crippen LogP contribution in [0.5, 0.6) is 0 Å². The quantitative estimate of drug-likeness (QED) is 0.0264. The Morgan fingerprint density at radius 1 is 0.473 bits per heavy atom. The Balaban J connectivity index is 1.31. The monoisotopic (exact) mass is 1300 g/mol. The third-order valence-electron chi connectivity index (χ3n) is 13.1. The largest absolute Gasteiger partial charge is 0.480 e. The maximum atomic E-state index is 13.6. The predicted octanol–water partition coefficient (Wildman–Crippen LogP) is 0.426. The Hall–Kier alpha value is -6.09. The molecule has 0 fully saturated rings. The molecule has 1 aliphatic heterocycles. The van der Waals surface area contributed by atoms with E-state index < -0.39 is 59.7 Å². The standard InChI is InChI=1S/C62H103N7O22/c1-4-5-13-51(65-48-70)60(76)67-53(46-49(2)3)61(77)68-54(47-50-11-7-6-8-12-50)59(75)64-20-23-81-25-27-83-29-31-85-33-35-87-37-39-89-41-43-91-45-44-90-42-40-88-38-36-86-34-32-84-30-28-82-26-24-80-22-18-56(72)66-52(62(78)79)14-9-10-19-63-55(71)17-21-69-57(73)15-16-58(69)74/h6-8,11-12,15-16,48-49,51-54H,4-5,9-10,13-14,17-47H2,1-3H3,(H,63,71)(H,64,75)(H,65,70)(H,66,72)(H,67,76)(H,68,77)(H,78,79)/t51-,52-,53-,54-/m0/s1. The molecule has 0 aliphatic carbocycles. The van der Waals surface area contributed by atoms with Gasteiger partial charge in [-0.15, -0.1) is 0 Å². The van der Waals surface area contributed by atoms with E-state index in [0.717, 1.165) is 35.5 Å². The van der Waals surface area contributed by atoms with Crippen molar-refractivity contribution in [2.45, 2.75) is 109 Å². The number of imide groups is 1. The Labute approximate surface area is 535 Å². The topological polar surface area (TPSA) is 360 Å². The van der Waals surface area contributed by atoms with Gasteiger partial charge in [-0.05, 0) is 43.6 Å². The molecule has 4 atom stereocenters. The number of benzene rings is 1. The summed E-state index contributed by atoms with van der Waals surface area (Å²) in [5.41, 5.74) is 0.851. The third-order valence-corrected chi connectivity index (χ3v) is 13.1. The van der Waals surface area contributed by atoms with Crippen molar-refractivity contribution in [3.63, 3.8) is 0 Å². The maximum Gasteiger partial charge on any atom is 0.326 e. The molecule has 8 amide bonds. The molecule has 1 aromatic carbocycles. The Morgan fingerprint density at radius 2 is 0.901 bits per heavy atom. The van der Waals surface area contributed by atoms with Gasteiger partial charge in [0.05, 0.1) is 159 Å². The zero-order valence-electron chi connectivity index (χ0n) is 53.6. The van der Waals surface area contributed by atoms with E-state index in [1.165, 1.54) is 0 Å².